The van der Waals surface area contributed by atoms with Gasteiger partial charge in [-0.25, -0.2) is 4.39 Å². The van der Waals surface area contributed by atoms with Crippen LogP contribution in [0, 0.1) is 5.82 Å². The molecular weight excluding hydrogens is 447 g/mol. The Morgan fingerprint density at radius 1 is 1.12 bits per heavy atom. The number of nitrogens with zero attached hydrogens (tertiary/aromatic N) is 2. The van der Waals surface area contributed by atoms with Crippen molar-refractivity contribution in [1.29, 1.82) is 0 Å². The van der Waals surface area contributed by atoms with Gasteiger partial charge in [-0.15, -0.1) is 0 Å². The second-order valence-electron chi connectivity index (χ2n) is 7.92. The van der Waals surface area contributed by atoms with E-state index in [9.17, 15) is 18.8 Å². The first kappa shape index (κ1) is 22.7. The van der Waals surface area contributed by atoms with Crippen molar-refractivity contribution in [2.24, 2.45) is 0 Å². The highest BCUT2D eigenvalue weighted by molar-refractivity contribution is 7.10. The van der Waals surface area contributed by atoms with Gasteiger partial charge < -0.3 is 9.47 Å². The fourth-order valence-electron chi connectivity index (χ4n) is 3.86. The number of carbonyl (C=O) groups is 2. The van der Waals surface area contributed by atoms with E-state index in [-0.39, 0.29) is 35.8 Å². The fourth-order valence-corrected chi connectivity index (χ4v) is 4.96. The number of methoxy groups -OCH3 is 1. The number of fused-ring (bicyclic) bond motifs is 1. The minimum atomic E-state index is -0.610. The van der Waals surface area contributed by atoms with Gasteiger partial charge >= 0.3 is 10.8 Å². The van der Waals surface area contributed by atoms with E-state index in [1.807, 2.05) is 38.1 Å². The van der Waals surface area contributed by atoms with Gasteiger partial charge in [0.2, 0.25) is 5.91 Å². The van der Waals surface area contributed by atoms with Crippen LogP contribution in [0.3, 0.4) is 0 Å². The van der Waals surface area contributed by atoms with Crippen molar-refractivity contribution >= 4 is 34.7 Å². The van der Waals surface area contributed by atoms with Crippen LogP contribution in [0.5, 0.6) is 5.75 Å². The van der Waals surface area contributed by atoms with Crippen LogP contribution < -0.4 is 14.5 Å². The highest BCUT2D eigenvalue weighted by Gasteiger charge is 2.38. The van der Waals surface area contributed by atoms with Crippen LogP contribution in [0.2, 0.25) is 0 Å². The monoisotopic (exact) mass is 470 g/mol. The van der Waals surface area contributed by atoms with Crippen molar-refractivity contribution in [3.05, 3.63) is 74.5 Å². The first-order chi connectivity index (χ1) is 15.8. The average molecular weight is 471 g/mol. The molecule has 1 amide bonds. The summed E-state index contributed by atoms with van der Waals surface area (Å²) >= 11 is 0.991. The van der Waals surface area contributed by atoms with Crippen molar-refractivity contribution in [3.63, 3.8) is 0 Å². The third-order valence-electron chi connectivity index (χ3n) is 5.30. The van der Waals surface area contributed by atoms with Crippen LogP contribution >= 0.6 is 11.3 Å². The molecule has 9 heteroatoms. The van der Waals surface area contributed by atoms with E-state index >= 15 is 0 Å². The lowest BCUT2D eigenvalue weighted by molar-refractivity contribution is -0.141. The zero-order valence-electron chi connectivity index (χ0n) is 18.4. The van der Waals surface area contributed by atoms with Gasteiger partial charge in [-0.3, -0.25) is 23.9 Å². The van der Waals surface area contributed by atoms with E-state index in [1.54, 1.807) is 0 Å². The van der Waals surface area contributed by atoms with Crippen molar-refractivity contribution in [2.45, 2.75) is 38.8 Å². The molecule has 0 unspecified atom stereocenters. The van der Waals surface area contributed by atoms with Crippen molar-refractivity contribution in [3.8, 4) is 5.75 Å². The second kappa shape index (κ2) is 9.19. The molecule has 0 saturated carbocycles. The van der Waals surface area contributed by atoms with Crippen LogP contribution in [-0.2, 0) is 20.9 Å². The van der Waals surface area contributed by atoms with Gasteiger partial charge in [-0.1, -0.05) is 23.5 Å². The maximum absolute atomic E-state index is 13.5. The molecule has 2 heterocycles. The molecule has 1 aromatic heterocycles. The summed E-state index contributed by atoms with van der Waals surface area (Å²) in [5, 5.41) is 0. The van der Waals surface area contributed by atoms with Crippen LogP contribution in [0.1, 0.15) is 36.6 Å². The SMILES string of the molecule is COC(=O)Cn1c2c(sc1=O)[C@H](c1ccc(OC(C)C)cc1)CC(=O)N2c1ccc(F)cc1. The summed E-state index contributed by atoms with van der Waals surface area (Å²) in [6, 6.07) is 12.9. The number of carbonyl (C=O) groups excluding carboxylic acids is 2. The Balaban J connectivity index is 1.83. The Labute approximate surface area is 194 Å². The molecule has 0 bridgehead atoms. The van der Waals surface area contributed by atoms with E-state index < -0.39 is 11.8 Å². The number of ether oxygens (including phenoxy) is 2. The molecule has 172 valence electrons. The quantitative estimate of drug-likeness (QED) is 0.505. The van der Waals surface area contributed by atoms with Crippen LogP contribution in [0.15, 0.2) is 53.3 Å². The largest absolute Gasteiger partial charge is 0.491 e. The average Bonchev–Trinajstić information content (AvgIpc) is 3.10. The second-order valence-corrected chi connectivity index (χ2v) is 8.91. The summed E-state index contributed by atoms with van der Waals surface area (Å²) in [5.74, 6) is -0.665. The zero-order chi connectivity index (χ0) is 23.7. The first-order valence-electron chi connectivity index (χ1n) is 10.4. The Morgan fingerprint density at radius 3 is 2.39 bits per heavy atom. The molecule has 33 heavy (non-hydrogen) atoms. The van der Waals surface area contributed by atoms with Crippen molar-refractivity contribution in [1.82, 2.24) is 4.57 Å². The highest BCUT2D eigenvalue weighted by atomic mass is 32.1. The summed E-state index contributed by atoms with van der Waals surface area (Å²) in [6.07, 6.45) is 0.146. The van der Waals surface area contributed by atoms with Gasteiger partial charge in [0.05, 0.1) is 23.8 Å². The number of anilines is 2. The predicted molar refractivity (Wildman–Crippen MR) is 123 cm³/mol. The molecule has 1 aliphatic heterocycles. The number of esters is 1. The molecule has 0 saturated heterocycles. The molecule has 0 radical (unpaired) electrons. The number of amides is 1. The predicted octanol–water partition coefficient (Wildman–Crippen LogP) is 4.21. The Morgan fingerprint density at radius 2 is 1.79 bits per heavy atom. The van der Waals surface area contributed by atoms with Crippen molar-refractivity contribution in [2.75, 3.05) is 12.0 Å². The topological polar surface area (TPSA) is 77.8 Å². The molecule has 1 aliphatic rings. The fraction of sp³-hybridized carbons (Fsp3) is 0.292. The van der Waals surface area contributed by atoms with E-state index in [0.717, 1.165) is 16.9 Å². The smallest absolute Gasteiger partial charge is 0.325 e. The lowest BCUT2D eigenvalue weighted by atomic mass is 9.90. The van der Waals surface area contributed by atoms with Gasteiger partial charge in [-0.2, -0.15) is 0 Å². The maximum Gasteiger partial charge on any atom is 0.325 e. The van der Waals surface area contributed by atoms with Gasteiger partial charge in [0, 0.05) is 12.3 Å². The lowest BCUT2D eigenvalue weighted by Gasteiger charge is -2.32. The Hall–Kier alpha value is -3.46. The molecular formula is C24H23FN2O5S. The summed E-state index contributed by atoms with van der Waals surface area (Å²) in [5.41, 5.74) is 1.27. The maximum atomic E-state index is 13.5. The lowest BCUT2D eigenvalue weighted by Crippen LogP contribution is -2.36. The molecule has 4 rings (SSSR count). The molecule has 0 N–H and O–H groups in total. The van der Waals surface area contributed by atoms with Gasteiger partial charge in [0.1, 0.15) is 23.9 Å². The van der Waals surface area contributed by atoms with Crippen molar-refractivity contribution < 1.29 is 23.5 Å². The number of hydrogen-bond acceptors (Lipinski definition) is 6. The number of thiazole rings is 1. The van der Waals surface area contributed by atoms with Gasteiger partial charge in [0.25, 0.3) is 0 Å². The number of halogens is 1. The standard InChI is InChI=1S/C24H23FN2O5S/c1-14(2)32-18-10-4-15(5-11-18)19-12-20(28)27(17-8-6-16(25)7-9-17)23-22(19)33-24(30)26(23)13-21(29)31-3/h4-11,14,19H,12-13H2,1-3H3/t19-/m0/s1. The summed E-state index contributed by atoms with van der Waals surface area (Å²) in [6.45, 7) is 3.54. The minimum absolute atomic E-state index is 0.0283. The van der Waals surface area contributed by atoms with E-state index in [2.05, 4.69) is 0 Å². The third kappa shape index (κ3) is 4.54. The van der Waals surface area contributed by atoms with Crippen LogP contribution in [-0.4, -0.2) is 29.7 Å². The van der Waals surface area contributed by atoms with E-state index in [0.29, 0.717) is 22.1 Å². The Bertz CT molecular complexity index is 1230. The number of hydrogen-bond donors (Lipinski definition) is 0. The summed E-state index contributed by atoms with van der Waals surface area (Å²) in [4.78, 5) is 39.9. The van der Waals surface area contributed by atoms with Gasteiger partial charge in [0.15, 0.2) is 0 Å². The molecule has 2 aromatic carbocycles. The molecule has 0 aliphatic carbocycles. The first-order valence-corrected chi connectivity index (χ1v) is 11.3. The highest BCUT2D eigenvalue weighted by Crippen LogP contribution is 2.45. The molecule has 1 atom stereocenters. The summed E-state index contributed by atoms with van der Waals surface area (Å²) in [7, 11) is 1.23. The van der Waals surface area contributed by atoms with Crippen LogP contribution in [0.25, 0.3) is 0 Å². The number of rotatable bonds is 6. The summed E-state index contributed by atoms with van der Waals surface area (Å²) < 4.78 is 25.2. The molecule has 7 nitrogen and oxygen atoms in total. The van der Waals surface area contributed by atoms with E-state index in [4.69, 9.17) is 9.47 Å². The molecule has 0 fully saturated rings. The minimum Gasteiger partial charge on any atom is -0.491 e. The number of aromatic nitrogens is 1. The van der Waals surface area contributed by atoms with E-state index in [1.165, 1.54) is 40.8 Å². The third-order valence-corrected chi connectivity index (χ3v) is 6.39. The molecule has 0 spiro atoms. The normalized spacial score (nSPS) is 15.5. The number of benzene rings is 2. The molecule has 3 aromatic rings. The Kier molecular flexibility index (Phi) is 6.33. The van der Waals surface area contributed by atoms with Gasteiger partial charge in [-0.05, 0) is 55.8 Å². The van der Waals surface area contributed by atoms with Crippen LogP contribution in [0.4, 0.5) is 15.9 Å². The zero-order valence-corrected chi connectivity index (χ0v) is 19.2.